The number of likely N-dealkylation sites (tertiary alicyclic amines) is 1. The maximum absolute atomic E-state index is 14.8. The van der Waals surface area contributed by atoms with Crippen LogP contribution in [0.3, 0.4) is 0 Å². The molecular formula is C60H87NO16. The molecule has 0 aromatic heterocycles. The molecule has 22 atom stereocenters. The van der Waals surface area contributed by atoms with E-state index in [1.54, 1.807) is 11.1 Å². The third kappa shape index (κ3) is 8.74. The van der Waals surface area contributed by atoms with E-state index in [2.05, 4.69) is 64.8 Å². The third-order valence-electron chi connectivity index (χ3n) is 23.5. The maximum atomic E-state index is 14.8. The van der Waals surface area contributed by atoms with Gasteiger partial charge in [-0.25, -0.2) is 9.59 Å². The lowest BCUT2D eigenvalue weighted by Crippen LogP contribution is -2.68. The van der Waals surface area contributed by atoms with Crippen LogP contribution in [-0.2, 0) is 50.0 Å². The van der Waals surface area contributed by atoms with Crippen LogP contribution in [0.5, 0.6) is 0 Å². The van der Waals surface area contributed by atoms with E-state index in [9.17, 15) is 60.0 Å². The van der Waals surface area contributed by atoms with Gasteiger partial charge in [0.2, 0.25) is 0 Å². The van der Waals surface area contributed by atoms with Gasteiger partial charge in [0, 0.05) is 17.4 Å². The molecule has 17 heteroatoms. The molecule has 77 heavy (non-hydrogen) atoms. The molecule has 0 radical (unpaired) electrons. The van der Waals surface area contributed by atoms with Gasteiger partial charge in [0.1, 0.15) is 36.6 Å². The van der Waals surface area contributed by atoms with Crippen molar-refractivity contribution in [2.75, 3.05) is 13.6 Å². The topological polar surface area (TPSA) is 270 Å². The van der Waals surface area contributed by atoms with Crippen LogP contribution in [0.4, 0.5) is 0 Å². The number of rotatable bonds is 7. The number of benzene rings is 1. The summed E-state index contributed by atoms with van der Waals surface area (Å²) in [7, 11) is 2.35. The Morgan fingerprint density at radius 3 is 2.05 bits per heavy atom. The summed E-state index contributed by atoms with van der Waals surface area (Å²) in [6.07, 6.45) is -3.76. The van der Waals surface area contributed by atoms with Gasteiger partial charge in [0.25, 0.3) is 0 Å². The normalized spacial score (nSPS) is 48.9. The summed E-state index contributed by atoms with van der Waals surface area (Å²) < 4.78 is 23.4. The number of aliphatic hydroxyl groups excluding tert-OH is 5. The van der Waals surface area contributed by atoms with Crippen molar-refractivity contribution in [3.05, 3.63) is 46.5 Å². The van der Waals surface area contributed by atoms with Crippen LogP contribution in [0.1, 0.15) is 155 Å². The molecular weight excluding hydrogens is 991 g/mol. The number of ketones is 1. The number of aliphatic hydroxyl groups is 5. The zero-order valence-electron chi connectivity index (χ0n) is 46.7. The van der Waals surface area contributed by atoms with E-state index in [-0.39, 0.29) is 34.4 Å². The van der Waals surface area contributed by atoms with E-state index in [1.165, 1.54) is 50.6 Å². The Hall–Kier alpha value is -3.36. The van der Waals surface area contributed by atoms with Crippen molar-refractivity contribution in [1.82, 2.24) is 4.90 Å². The Morgan fingerprint density at radius 1 is 0.714 bits per heavy atom. The van der Waals surface area contributed by atoms with E-state index in [4.69, 9.17) is 18.9 Å². The summed E-state index contributed by atoms with van der Waals surface area (Å²) >= 11 is 0. The molecule has 3 saturated heterocycles. The fourth-order valence-electron chi connectivity index (χ4n) is 18.7. The second-order valence-corrected chi connectivity index (χ2v) is 27.8. The highest BCUT2D eigenvalue weighted by molar-refractivity contribution is 5.95. The summed E-state index contributed by atoms with van der Waals surface area (Å²) in [5, 5.41) is 83.0. The number of carbonyl (C=O) groups is 4. The SMILES string of the molecule is CC1(C)[C@@H](O[C@H]2O[C@H](C(=O)O)[C@@H](O)[C@H](O)[C@H]2O[C@@H]2O[C@H](C(=O)O)[C@@H](O)[C@H](O)[C@H]2O)CC[C@]2(C)[C@H]3C(=O)C=C4[C@@H]5C[C@@](C)(C(=O)O)CC[C@]5(C)CC[C@@]4(C)[C@]3(C)CC[C@@H]12.Cc1ccc2c(c1)[C@]13CCCC[C@@H]1[C@H](C2)N(C)CC3. The lowest BCUT2D eigenvalue weighted by molar-refractivity contribution is -0.371. The van der Waals surface area contributed by atoms with Crippen LogP contribution >= 0.6 is 0 Å². The van der Waals surface area contributed by atoms with E-state index in [0.29, 0.717) is 31.1 Å². The maximum Gasteiger partial charge on any atom is 0.335 e. The molecule has 3 heterocycles. The van der Waals surface area contributed by atoms with Crippen LogP contribution in [0, 0.1) is 63.1 Å². The fourth-order valence-corrected chi connectivity index (χ4v) is 18.7. The molecule has 17 nitrogen and oxygen atoms in total. The number of allylic oxidation sites excluding steroid dienone is 2. The number of hydrogen-bond acceptors (Lipinski definition) is 14. The van der Waals surface area contributed by atoms with Crippen molar-refractivity contribution in [1.29, 1.82) is 0 Å². The first-order chi connectivity index (χ1) is 36.0. The molecule has 8 N–H and O–H groups in total. The molecule has 5 saturated carbocycles. The summed E-state index contributed by atoms with van der Waals surface area (Å²) in [6, 6.07) is 8.07. The minimum Gasteiger partial charge on any atom is -0.481 e. The first kappa shape index (κ1) is 56.9. The van der Waals surface area contributed by atoms with Crippen molar-refractivity contribution >= 4 is 23.7 Å². The average Bonchev–Trinajstić information content (AvgIpc) is 3.36. The molecule has 428 valence electrons. The predicted octanol–water partition coefficient (Wildman–Crippen LogP) is 5.93. The largest absolute Gasteiger partial charge is 0.481 e. The number of carboxylic acids is 3. The van der Waals surface area contributed by atoms with Crippen LogP contribution < -0.4 is 0 Å². The first-order valence-electron chi connectivity index (χ1n) is 28.8. The molecule has 0 spiro atoms. The van der Waals surface area contributed by atoms with Gasteiger partial charge in [-0.15, -0.1) is 0 Å². The van der Waals surface area contributed by atoms with Crippen molar-refractivity contribution in [2.45, 2.75) is 231 Å². The monoisotopic (exact) mass is 1080 g/mol. The molecule has 10 aliphatic rings. The number of hydrogen-bond donors (Lipinski definition) is 8. The number of aliphatic carboxylic acids is 3. The third-order valence-corrected chi connectivity index (χ3v) is 23.5. The quantitative estimate of drug-likeness (QED) is 0.147. The second-order valence-electron chi connectivity index (χ2n) is 27.8. The van der Waals surface area contributed by atoms with Crippen LogP contribution in [0.2, 0.25) is 0 Å². The summed E-state index contributed by atoms with van der Waals surface area (Å²) in [5.74, 6) is -3.54. The zero-order chi connectivity index (χ0) is 55.9. The average molecular weight is 1080 g/mol. The summed E-state index contributed by atoms with van der Waals surface area (Å²) in [6.45, 7) is 18.4. The van der Waals surface area contributed by atoms with Crippen LogP contribution in [-0.4, -0.2) is 157 Å². The van der Waals surface area contributed by atoms with E-state index >= 15 is 0 Å². The minimum atomic E-state index is -2.05. The van der Waals surface area contributed by atoms with Gasteiger partial charge in [-0.05, 0) is 173 Å². The number of carboxylic acid groups (broad SMARTS) is 3. The molecule has 3 aliphatic heterocycles. The Balaban J connectivity index is 0.000000293. The Morgan fingerprint density at radius 2 is 1.38 bits per heavy atom. The Bertz CT molecular complexity index is 2540. The van der Waals surface area contributed by atoms with Gasteiger partial charge >= 0.3 is 17.9 Å². The lowest BCUT2D eigenvalue weighted by Gasteiger charge is -2.70. The Labute approximate surface area is 453 Å². The number of nitrogens with zero attached hydrogens (tertiary/aromatic N) is 1. The second kappa shape index (κ2) is 19.7. The van der Waals surface area contributed by atoms with Gasteiger partial charge in [-0.2, -0.15) is 0 Å². The highest BCUT2D eigenvalue weighted by Gasteiger charge is 2.71. The zero-order valence-corrected chi connectivity index (χ0v) is 46.7. The highest BCUT2D eigenvalue weighted by atomic mass is 16.8. The Kier molecular flexibility index (Phi) is 14.5. The van der Waals surface area contributed by atoms with Crippen molar-refractivity contribution in [3.63, 3.8) is 0 Å². The molecule has 2 bridgehead atoms. The first-order valence-corrected chi connectivity index (χ1v) is 28.8. The van der Waals surface area contributed by atoms with Gasteiger partial charge in [0.05, 0.1) is 11.5 Å². The van der Waals surface area contributed by atoms with Crippen molar-refractivity contribution in [2.24, 2.45) is 56.2 Å². The van der Waals surface area contributed by atoms with E-state index in [0.717, 1.165) is 49.6 Å². The molecule has 8 fully saturated rings. The van der Waals surface area contributed by atoms with Crippen LogP contribution in [0.15, 0.2) is 29.8 Å². The number of fused-ring (bicyclic) bond motifs is 8. The summed E-state index contributed by atoms with van der Waals surface area (Å²) in [5.41, 5.74) is 3.57. The fraction of sp³-hybridized carbons (Fsp3) is 0.800. The molecule has 7 aliphatic carbocycles. The molecule has 0 unspecified atom stereocenters. The lowest BCUT2D eigenvalue weighted by atomic mass is 9.33. The number of ether oxygens (including phenoxy) is 4. The number of piperidine rings is 1. The van der Waals surface area contributed by atoms with Gasteiger partial charge < -0.3 is 64.7 Å². The highest BCUT2D eigenvalue weighted by Crippen LogP contribution is 2.75. The van der Waals surface area contributed by atoms with E-state index in [1.807, 2.05) is 26.8 Å². The van der Waals surface area contributed by atoms with Crippen molar-refractivity contribution in [3.8, 4) is 0 Å². The number of likely N-dealkylation sites (N-methyl/N-ethyl adjacent to an activating group) is 1. The molecule has 1 aromatic rings. The molecule has 11 rings (SSSR count). The van der Waals surface area contributed by atoms with E-state index < -0.39 is 107 Å². The smallest absolute Gasteiger partial charge is 0.335 e. The molecule has 1 aromatic carbocycles. The molecule has 0 amide bonds. The minimum absolute atomic E-state index is 0.0217. The number of carbonyl (C=O) groups excluding carboxylic acids is 1. The van der Waals surface area contributed by atoms with Crippen LogP contribution in [0.25, 0.3) is 0 Å². The predicted molar refractivity (Wildman–Crippen MR) is 279 cm³/mol. The van der Waals surface area contributed by atoms with Gasteiger partial charge in [-0.3, -0.25) is 9.59 Å². The van der Waals surface area contributed by atoms with Gasteiger partial charge in [0.15, 0.2) is 30.6 Å². The van der Waals surface area contributed by atoms with Gasteiger partial charge in [-0.1, -0.05) is 83.7 Å². The summed E-state index contributed by atoms with van der Waals surface area (Å²) in [4.78, 5) is 54.0. The standard InChI is InChI=1S/C42H62O16.C18H25N/c1-37(2)21-8-11-42(7)31(20(43)16-18-19-17-39(4,36(53)54)13-12-38(19,3)14-15-41(18,42)6)40(21,5)10-9-22(37)55-35-30(26(47)25(46)29(57-35)33(51)52)58-34-27(48)23(44)24(45)28(56-34)32(49)50;1-13-6-7-14-12-17-15-5-3-4-8-18(15,16(14)11-13)9-10-19(17)2/h16,19,21-31,34-35,44-48H,8-15,17H2,1-7H3,(H,49,50)(H,51,52)(H,53,54);6-7,11,15,17H,3-5,8-10,12H2,1-2H3/t19-,21-,22-,23-,24-,25-,26-,27+,28-,29-,30+,31+,34-,35-,38+,39-,40-,41+,42+;15-,17+,18+/m01/s1. The number of aryl methyl sites for hydroxylation is 1. The van der Waals surface area contributed by atoms with Crippen molar-refractivity contribution < 1.29 is 79.0 Å².